The molecule has 0 aromatic rings. The van der Waals surface area contributed by atoms with E-state index >= 15 is 0 Å². The first-order chi connectivity index (χ1) is 6.80. The Kier molecular flexibility index (Phi) is 1.91. The molecule has 0 spiro atoms. The lowest BCUT2D eigenvalue weighted by molar-refractivity contribution is -0.129. The molecule has 2 aliphatic carbocycles. The number of urea groups is 1. The highest BCUT2D eigenvalue weighted by atomic mass is 16.2. The van der Waals surface area contributed by atoms with Crippen LogP contribution >= 0.6 is 0 Å². The Hall–Kier alpha value is -1.06. The van der Waals surface area contributed by atoms with E-state index < -0.39 is 6.03 Å². The molecule has 4 heteroatoms. The van der Waals surface area contributed by atoms with E-state index in [9.17, 15) is 9.59 Å². The van der Waals surface area contributed by atoms with E-state index in [1.807, 2.05) is 6.92 Å². The fourth-order valence-corrected chi connectivity index (χ4v) is 3.41. The van der Waals surface area contributed by atoms with Gasteiger partial charge < -0.3 is 11.1 Å². The molecule has 2 rings (SSSR count). The van der Waals surface area contributed by atoms with Crippen LogP contribution in [0.4, 0.5) is 4.79 Å². The van der Waals surface area contributed by atoms with Crippen LogP contribution < -0.4 is 11.1 Å². The third-order valence-corrected chi connectivity index (χ3v) is 4.83. The lowest BCUT2D eigenvalue weighted by Crippen LogP contribution is -2.48. The maximum Gasteiger partial charge on any atom is 0.312 e. The average Bonchev–Trinajstić information content (AvgIpc) is 2.40. The molecule has 0 aromatic heterocycles. The van der Waals surface area contributed by atoms with Gasteiger partial charge in [-0.2, -0.15) is 0 Å². The SMILES string of the molecule is CC1(C)[C@H]2CC[C@]1(C)C(=O)[C@H]2NC(N)=O. The zero-order chi connectivity index (χ0) is 11.4. The van der Waals surface area contributed by atoms with Crippen LogP contribution in [0, 0.1) is 16.7 Å². The predicted molar refractivity (Wildman–Crippen MR) is 56.1 cm³/mol. The molecular weight excluding hydrogens is 192 g/mol. The summed E-state index contributed by atoms with van der Waals surface area (Å²) in [4.78, 5) is 23.0. The number of amides is 2. The Bertz CT molecular complexity index is 337. The fourth-order valence-electron chi connectivity index (χ4n) is 3.41. The van der Waals surface area contributed by atoms with Crippen molar-refractivity contribution in [2.75, 3.05) is 0 Å². The number of Topliss-reactive ketones (excluding diaryl/α,β-unsaturated/α-hetero) is 1. The van der Waals surface area contributed by atoms with Gasteiger partial charge >= 0.3 is 6.03 Å². The zero-order valence-corrected chi connectivity index (χ0v) is 9.46. The minimum absolute atomic E-state index is 0.0306. The molecule has 0 aromatic carbocycles. The average molecular weight is 210 g/mol. The lowest BCUT2D eigenvalue weighted by Gasteiger charge is -2.32. The maximum absolute atomic E-state index is 12.2. The van der Waals surface area contributed by atoms with E-state index in [2.05, 4.69) is 19.2 Å². The van der Waals surface area contributed by atoms with E-state index in [1.54, 1.807) is 0 Å². The van der Waals surface area contributed by atoms with Gasteiger partial charge in [0.05, 0.1) is 6.04 Å². The Balaban J connectivity index is 2.34. The van der Waals surface area contributed by atoms with Crippen molar-refractivity contribution in [1.82, 2.24) is 5.32 Å². The molecule has 0 radical (unpaired) electrons. The van der Waals surface area contributed by atoms with Crippen molar-refractivity contribution in [3.8, 4) is 0 Å². The molecular formula is C11H18N2O2. The molecule has 0 unspecified atom stereocenters. The Labute approximate surface area is 89.6 Å². The molecule has 0 heterocycles. The molecule has 0 aliphatic heterocycles. The summed E-state index contributed by atoms with van der Waals surface area (Å²) in [5.74, 6) is 0.394. The van der Waals surface area contributed by atoms with Gasteiger partial charge in [0.25, 0.3) is 0 Å². The summed E-state index contributed by atoms with van der Waals surface area (Å²) in [5.41, 5.74) is 4.78. The van der Waals surface area contributed by atoms with Gasteiger partial charge in [-0.15, -0.1) is 0 Å². The van der Waals surface area contributed by atoms with E-state index in [1.165, 1.54) is 0 Å². The lowest BCUT2D eigenvalue weighted by atomic mass is 9.70. The monoisotopic (exact) mass is 210 g/mol. The number of nitrogens with two attached hydrogens (primary N) is 1. The van der Waals surface area contributed by atoms with Gasteiger partial charge in [0.2, 0.25) is 0 Å². The summed E-state index contributed by atoms with van der Waals surface area (Å²) in [6.45, 7) is 6.24. The van der Waals surface area contributed by atoms with Gasteiger partial charge in [-0.25, -0.2) is 4.79 Å². The molecule has 2 fully saturated rings. The standard InChI is InChI=1S/C11H18N2O2/c1-10(2)6-4-5-11(10,3)8(14)7(6)13-9(12)15/h6-7H,4-5H2,1-3H3,(H3,12,13,15)/t6-,7-,11+/m0/s1. The summed E-state index contributed by atoms with van der Waals surface area (Å²) >= 11 is 0. The number of rotatable bonds is 1. The third-order valence-electron chi connectivity index (χ3n) is 4.83. The van der Waals surface area contributed by atoms with Gasteiger partial charge in [-0.3, -0.25) is 4.79 Å². The number of nitrogens with one attached hydrogen (secondary N) is 1. The van der Waals surface area contributed by atoms with Gasteiger partial charge in [0, 0.05) is 5.41 Å². The van der Waals surface area contributed by atoms with Gasteiger partial charge in [0.15, 0.2) is 5.78 Å². The van der Waals surface area contributed by atoms with E-state index in [0.717, 1.165) is 12.8 Å². The second kappa shape index (κ2) is 2.74. The zero-order valence-electron chi connectivity index (χ0n) is 9.46. The number of ketones is 1. The summed E-state index contributed by atoms with van der Waals surface area (Å²) in [7, 11) is 0. The van der Waals surface area contributed by atoms with Crippen molar-refractivity contribution in [3.05, 3.63) is 0 Å². The first kappa shape index (κ1) is 10.5. The highest BCUT2D eigenvalue weighted by Crippen LogP contribution is 2.63. The van der Waals surface area contributed by atoms with Crippen LogP contribution in [0.3, 0.4) is 0 Å². The molecule has 84 valence electrons. The number of hydrogen-bond acceptors (Lipinski definition) is 2. The smallest absolute Gasteiger partial charge is 0.312 e. The number of fused-ring (bicyclic) bond motifs is 2. The highest BCUT2D eigenvalue weighted by molar-refractivity contribution is 5.96. The quantitative estimate of drug-likeness (QED) is 0.679. The van der Waals surface area contributed by atoms with Crippen LogP contribution in [0.15, 0.2) is 0 Å². The minimum atomic E-state index is -0.597. The first-order valence-electron chi connectivity index (χ1n) is 5.41. The van der Waals surface area contributed by atoms with Crippen LogP contribution in [0.25, 0.3) is 0 Å². The van der Waals surface area contributed by atoms with E-state index in [-0.39, 0.29) is 28.6 Å². The van der Waals surface area contributed by atoms with Crippen LogP contribution in [0.5, 0.6) is 0 Å². The fraction of sp³-hybridized carbons (Fsp3) is 0.818. The Morgan fingerprint density at radius 3 is 2.47 bits per heavy atom. The van der Waals surface area contributed by atoms with Crippen molar-refractivity contribution in [3.63, 3.8) is 0 Å². The van der Waals surface area contributed by atoms with Crippen LogP contribution in [0.1, 0.15) is 33.6 Å². The first-order valence-corrected chi connectivity index (χ1v) is 5.41. The van der Waals surface area contributed by atoms with Crippen molar-refractivity contribution in [2.45, 2.75) is 39.7 Å². The number of hydrogen-bond donors (Lipinski definition) is 2. The third kappa shape index (κ3) is 1.08. The van der Waals surface area contributed by atoms with Crippen molar-refractivity contribution < 1.29 is 9.59 Å². The summed E-state index contributed by atoms with van der Waals surface area (Å²) in [6.07, 6.45) is 1.93. The predicted octanol–water partition coefficient (Wildman–Crippen LogP) is 1.05. The maximum atomic E-state index is 12.2. The van der Waals surface area contributed by atoms with Crippen LogP contribution in [-0.2, 0) is 4.79 Å². The Morgan fingerprint density at radius 1 is 1.47 bits per heavy atom. The molecule has 2 bridgehead atoms. The number of carbonyl (C=O) groups excluding carboxylic acids is 2. The highest BCUT2D eigenvalue weighted by Gasteiger charge is 2.66. The molecule has 3 atom stereocenters. The Morgan fingerprint density at radius 2 is 2.07 bits per heavy atom. The number of carbonyl (C=O) groups is 2. The summed E-state index contributed by atoms with van der Waals surface area (Å²) < 4.78 is 0. The minimum Gasteiger partial charge on any atom is -0.352 e. The number of primary amides is 1. The topological polar surface area (TPSA) is 72.2 Å². The van der Waals surface area contributed by atoms with Crippen molar-refractivity contribution >= 4 is 11.8 Å². The molecule has 0 saturated heterocycles. The van der Waals surface area contributed by atoms with Gasteiger partial charge in [-0.1, -0.05) is 20.8 Å². The van der Waals surface area contributed by atoms with Crippen molar-refractivity contribution in [2.24, 2.45) is 22.5 Å². The molecule has 15 heavy (non-hydrogen) atoms. The molecule has 3 N–H and O–H groups in total. The normalized spacial score (nSPS) is 41.9. The molecule has 2 amide bonds. The van der Waals surface area contributed by atoms with E-state index in [0.29, 0.717) is 0 Å². The molecule has 4 nitrogen and oxygen atoms in total. The largest absolute Gasteiger partial charge is 0.352 e. The molecule has 2 saturated carbocycles. The van der Waals surface area contributed by atoms with E-state index in [4.69, 9.17) is 5.73 Å². The van der Waals surface area contributed by atoms with Crippen LogP contribution in [-0.4, -0.2) is 17.9 Å². The second-order valence-electron chi connectivity index (χ2n) is 5.55. The molecule has 2 aliphatic rings. The van der Waals surface area contributed by atoms with Crippen LogP contribution in [0.2, 0.25) is 0 Å². The van der Waals surface area contributed by atoms with Gasteiger partial charge in [0.1, 0.15) is 0 Å². The van der Waals surface area contributed by atoms with Gasteiger partial charge in [-0.05, 0) is 24.2 Å². The summed E-state index contributed by atoms with van der Waals surface area (Å²) in [6, 6.07) is -0.962. The summed E-state index contributed by atoms with van der Waals surface area (Å²) in [5, 5.41) is 2.59. The van der Waals surface area contributed by atoms with Crippen molar-refractivity contribution in [1.29, 1.82) is 0 Å². The second-order valence-corrected chi connectivity index (χ2v) is 5.55.